The molecule has 0 aromatic rings. The van der Waals surface area contributed by atoms with E-state index in [1.165, 1.54) is 0 Å². The SMILES string of the molecule is CCN(CC)N(N(CC)CC)[PH](O)(O)N(CC)CC.Cl. The van der Waals surface area contributed by atoms with Crippen LogP contribution in [0, 0.1) is 0 Å². The minimum Gasteiger partial charge on any atom is -0.147 e. The Morgan fingerprint density at radius 3 is 1.15 bits per heavy atom. The van der Waals surface area contributed by atoms with Crippen LogP contribution in [0.15, 0.2) is 0 Å². The van der Waals surface area contributed by atoms with Crippen LogP contribution in [-0.2, 0) is 0 Å². The second-order valence-electron chi connectivity index (χ2n) is 4.34. The molecule has 2 N–H and O–H groups in total. The summed E-state index contributed by atoms with van der Waals surface area (Å²) in [6, 6.07) is 0. The second kappa shape index (κ2) is 11.1. The zero-order chi connectivity index (χ0) is 15.1. The monoisotopic (exact) mass is 332 g/mol. The van der Waals surface area contributed by atoms with E-state index >= 15 is 0 Å². The Labute approximate surface area is 131 Å². The summed E-state index contributed by atoms with van der Waals surface area (Å²) in [5.41, 5.74) is 0. The number of halogens is 1. The van der Waals surface area contributed by atoms with Crippen LogP contribution in [0.5, 0.6) is 0 Å². The van der Waals surface area contributed by atoms with Gasteiger partial charge in [-0.1, -0.05) is 0 Å². The summed E-state index contributed by atoms with van der Waals surface area (Å²) in [7, 11) is -3.65. The molecule has 0 unspecified atom stereocenters. The molecule has 0 amide bonds. The van der Waals surface area contributed by atoms with Crippen molar-refractivity contribution in [2.45, 2.75) is 41.5 Å². The van der Waals surface area contributed by atoms with Gasteiger partial charge in [-0.25, -0.2) is 0 Å². The van der Waals surface area contributed by atoms with Gasteiger partial charge in [-0.05, 0) is 0 Å². The molecule has 0 bridgehead atoms. The Hall–Kier alpha value is 0.480. The van der Waals surface area contributed by atoms with E-state index in [0.717, 1.165) is 26.2 Å². The molecule has 0 aliphatic heterocycles. The van der Waals surface area contributed by atoms with Gasteiger partial charge in [0.1, 0.15) is 0 Å². The summed E-state index contributed by atoms with van der Waals surface area (Å²) >= 11 is 0. The van der Waals surface area contributed by atoms with Crippen molar-refractivity contribution in [2.75, 3.05) is 39.3 Å². The molecule has 126 valence electrons. The first-order chi connectivity index (χ1) is 8.94. The van der Waals surface area contributed by atoms with Crippen molar-refractivity contribution < 1.29 is 9.79 Å². The van der Waals surface area contributed by atoms with E-state index in [0.29, 0.717) is 13.1 Å². The van der Waals surface area contributed by atoms with Crippen LogP contribution in [0.4, 0.5) is 0 Å². The molecular formula is C12H34ClN4O2P. The molecule has 0 aliphatic carbocycles. The molecule has 8 heteroatoms. The molecule has 0 fully saturated rings. The largest absolute Gasteiger partial charge is 0.147 e. The summed E-state index contributed by atoms with van der Waals surface area (Å²) in [5.74, 6) is 0. The van der Waals surface area contributed by atoms with Gasteiger partial charge in [0.25, 0.3) is 0 Å². The molecular weight excluding hydrogens is 299 g/mol. The fraction of sp³-hybridized carbons (Fsp3) is 1.00. The number of nitrogens with zero attached hydrogens (tertiary/aromatic N) is 4. The fourth-order valence-electron chi connectivity index (χ4n) is 2.32. The van der Waals surface area contributed by atoms with Crippen molar-refractivity contribution in [1.82, 2.24) is 19.6 Å². The quantitative estimate of drug-likeness (QED) is 0.471. The summed E-state index contributed by atoms with van der Waals surface area (Å²) in [6.07, 6.45) is 0. The summed E-state index contributed by atoms with van der Waals surface area (Å²) < 4.78 is 1.77. The van der Waals surface area contributed by atoms with Crippen molar-refractivity contribution in [1.29, 1.82) is 0 Å². The van der Waals surface area contributed by atoms with Crippen LogP contribution in [0.1, 0.15) is 41.5 Å². The molecule has 0 aromatic carbocycles. The van der Waals surface area contributed by atoms with E-state index in [1.54, 1.807) is 9.56 Å². The van der Waals surface area contributed by atoms with E-state index in [4.69, 9.17) is 0 Å². The van der Waals surface area contributed by atoms with E-state index in [2.05, 4.69) is 0 Å². The van der Waals surface area contributed by atoms with Crippen molar-refractivity contribution in [3.8, 4) is 0 Å². The maximum atomic E-state index is 10.8. The predicted molar refractivity (Wildman–Crippen MR) is 90.6 cm³/mol. The maximum absolute atomic E-state index is 10.8. The molecule has 0 saturated heterocycles. The fourth-order valence-corrected chi connectivity index (χ4v) is 4.74. The number of hydrazine groups is 2. The topological polar surface area (TPSA) is 53.4 Å². The maximum Gasteiger partial charge on any atom is -0.147 e. The zero-order valence-corrected chi connectivity index (χ0v) is 15.7. The molecule has 0 rings (SSSR count). The van der Waals surface area contributed by atoms with Gasteiger partial charge in [-0.2, -0.15) is 0 Å². The number of hydrogen-bond donors (Lipinski definition) is 2. The van der Waals surface area contributed by atoms with Gasteiger partial charge in [-0.3, -0.25) is 0 Å². The molecule has 0 spiro atoms. The Kier molecular flexibility index (Phi) is 12.6. The molecule has 0 aliphatic rings. The third kappa shape index (κ3) is 5.35. The van der Waals surface area contributed by atoms with Crippen molar-refractivity contribution >= 4 is 20.4 Å². The van der Waals surface area contributed by atoms with E-state index in [9.17, 15) is 9.79 Å². The first kappa shape index (κ1) is 22.8. The second-order valence-corrected chi connectivity index (χ2v) is 6.57. The molecule has 6 nitrogen and oxygen atoms in total. The van der Waals surface area contributed by atoms with Crippen LogP contribution >= 0.6 is 20.4 Å². The summed E-state index contributed by atoms with van der Waals surface area (Å²) in [5, 5.41) is 4.00. The van der Waals surface area contributed by atoms with Crippen molar-refractivity contribution in [3.63, 3.8) is 0 Å². The molecule has 0 heterocycles. The standard InChI is InChI=1S/C12H33N4O2P.ClH/c1-7-13(8-2)16(14(9-3)10-4)19(17,18)15(11-5)12-6;/h17-19H,7-12H2,1-6H3;1H. The summed E-state index contributed by atoms with van der Waals surface area (Å²) in [4.78, 5) is 23.2. The first-order valence-corrected chi connectivity index (χ1v) is 9.22. The van der Waals surface area contributed by atoms with Crippen LogP contribution in [0.3, 0.4) is 0 Å². The molecule has 0 atom stereocenters. The van der Waals surface area contributed by atoms with Gasteiger partial charge in [0.2, 0.25) is 0 Å². The number of hydrogen-bond acceptors (Lipinski definition) is 6. The smallest absolute Gasteiger partial charge is 0.147 e. The van der Waals surface area contributed by atoms with Gasteiger partial charge >= 0.3 is 118 Å². The van der Waals surface area contributed by atoms with Crippen LogP contribution in [-0.4, -0.2) is 68.6 Å². The van der Waals surface area contributed by atoms with Gasteiger partial charge in [0.15, 0.2) is 0 Å². The van der Waals surface area contributed by atoms with E-state index in [-0.39, 0.29) is 12.4 Å². The van der Waals surface area contributed by atoms with Gasteiger partial charge < -0.3 is 0 Å². The minimum atomic E-state index is -3.65. The zero-order valence-electron chi connectivity index (χ0n) is 13.8. The average Bonchev–Trinajstić information content (AvgIpc) is 2.40. The van der Waals surface area contributed by atoms with E-state index in [1.807, 2.05) is 51.6 Å². The molecule has 0 radical (unpaired) electrons. The Morgan fingerprint density at radius 1 is 0.650 bits per heavy atom. The van der Waals surface area contributed by atoms with Crippen LogP contribution in [0.2, 0.25) is 0 Å². The van der Waals surface area contributed by atoms with Gasteiger partial charge in [-0.15, -0.1) is 12.4 Å². The van der Waals surface area contributed by atoms with Crippen molar-refractivity contribution in [2.24, 2.45) is 0 Å². The van der Waals surface area contributed by atoms with Crippen LogP contribution in [0.25, 0.3) is 0 Å². The normalized spacial score (nSPS) is 13.4. The van der Waals surface area contributed by atoms with Crippen molar-refractivity contribution in [3.05, 3.63) is 0 Å². The van der Waals surface area contributed by atoms with Gasteiger partial charge in [0.05, 0.1) is 0 Å². The Morgan fingerprint density at radius 2 is 0.950 bits per heavy atom. The Balaban J connectivity index is 0. The molecule has 0 saturated carbocycles. The third-order valence-corrected chi connectivity index (χ3v) is 6.04. The predicted octanol–water partition coefficient (Wildman–Crippen LogP) is 1.96. The van der Waals surface area contributed by atoms with Gasteiger partial charge in [0, 0.05) is 0 Å². The summed E-state index contributed by atoms with van der Waals surface area (Å²) in [6.45, 7) is 16.3. The first-order valence-electron chi connectivity index (χ1n) is 7.43. The van der Waals surface area contributed by atoms with Crippen LogP contribution < -0.4 is 0 Å². The third-order valence-electron chi connectivity index (χ3n) is 3.45. The molecule has 0 aromatic heterocycles. The Bertz CT molecular complexity index is 225. The average molecular weight is 333 g/mol. The minimum absolute atomic E-state index is 0. The van der Waals surface area contributed by atoms with E-state index < -0.39 is 8.02 Å². The molecule has 20 heavy (non-hydrogen) atoms. The number of rotatable bonds is 10.